The number of hydrogen-bond acceptors (Lipinski definition) is 3. The highest BCUT2D eigenvalue weighted by Crippen LogP contribution is 2.01. The molecule has 0 aromatic rings. The fraction of sp³-hybridized carbons (Fsp3) is 0.778. The van der Waals surface area contributed by atoms with Gasteiger partial charge in [-0.2, -0.15) is 8.42 Å². The van der Waals surface area contributed by atoms with E-state index < -0.39 is 10.1 Å². The van der Waals surface area contributed by atoms with Gasteiger partial charge < -0.3 is 0 Å². The lowest BCUT2D eigenvalue weighted by atomic mass is 10.2. The molecule has 0 atom stereocenters. The van der Waals surface area contributed by atoms with Crippen LogP contribution in [0.3, 0.4) is 0 Å². The van der Waals surface area contributed by atoms with Gasteiger partial charge in [0.2, 0.25) is 0 Å². The van der Waals surface area contributed by atoms with Crippen LogP contribution in [0.4, 0.5) is 0 Å². The van der Waals surface area contributed by atoms with Crippen molar-refractivity contribution >= 4 is 10.1 Å². The quantitative estimate of drug-likeness (QED) is 0.359. The van der Waals surface area contributed by atoms with Crippen molar-refractivity contribution < 1.29 is 12.6 Å². The van der Waals surface area contributed by atoms with Crippen molar-refractivity contribution in [3.63, 3.8) is 0 Å². The summed E-state index contributed by atoms with van der Waals surface area (Å²) in [6, 6.07) is 0. The predicted octanol–water partition coefficient (Wildman–Crippen LogP) is 1.55. The van der Waals surface area contributed by atoms with Crippen LogP contribution in [0.2, 0.25) is 0 Å². The van der Waals surface area contributed by atoms with Gasteiger partial charge in [-0.05, 0) is 6.42 Å². The van der Waals surface area contributed by atoms with Crippen molar-refractivity contribution in [3.8, 4) is 12.3 Å². The molecule has 0 aromatic carbocycles. The van der Waals surface area contributed by atoms with E-state index in [1.165, 1.54) is 0 Å². The van der Waals surface area contributed by atoms with Gasteiger partial charge in [0.1, 0.15) is 5.75 Å². The molecule has 4 heteroatoms. The van der Waals surface area contributed by atoms with E-state index >= 15 is 0 Å². The molecular weight excluding hydrogens is 188 g/mol. The molecule has 13 heavy (non-hydrogen) atoms. The average molecular weight is 204 g/mol. The molecule has 0 aliphatic heterocycles. The molecule has 0 saturated heterocycles. The van der Waals surface area contributed by atoms with Gasteiger partial charge in [0.25, 0.3) is 10.1 Å². The smallest absolute Gasteiger partial charge is 0.269 e. The minimum Gasteiger partial charge on any atom is -0.269 e. The first-order valence-electron chi connectivity index (χ1n) is 4.43. The number of unbranched alkanes of at least 4 members (excludes halogenated alkanes) is 3. The number of hydrogen-bond donors (Lipinski definition) is 0. The van der Waals surface area contributed by atoms with Gasteiger partial charge in [-0.1, -0.05) is 32.1 Å². The Morgan fingerprint density at radius 2 is 2.00 bits per heavy atom. The summed E-state index contributed by atoms with van der Waals surface area (Å²) in [7, 11) is -3.45. The maximum Gasteiger partial charge on any atom is 0.278 e. The molecule has 0 amide bonds. The Morgan fingerprint density at radius 1 is 1.31 bits per heavy atom. The second-order valence-corrected chi connectivity index (χ2v) is 4.43. The second-order valence-electron chi connectivity index (χ2n) is 2.79. The number of rotatable bonds is 7. The first kappa shape index (κ1) is 12.5. The first-order valence-corrected chi connectivity index (χ1v) is 6.00. The van der Waals surface area contributed by atoms with Gasteiger partial charge in [-0.25, -0.2) is 0 Å². The van der Waals surface area contributed by atoms with Crippen molar-refractivity contribution in [2.24, 2.45) is 0 Å². The molecular formula is C9H16O3S. The SMILES string of the molecule is C#CCS(=O)(=O)OCCCCCC. The van der Waals surface area contributed by atoms with Crippen molar-refractivity contribution in [2.75, 3.05) is 12.4 Å². The monoisotopic (exact) mass is 204 g/mol. The molecule has 0 bridgehead atoms. The normalized spacial score (nSPS) is 11.1. The van der Waals surface area contributed by atoms with Crippen LogP contribution in [-0.4, -0.2) is 20.8 Å². The van der Waals surface area contributed by atoms with E-state index in [1.807, 2.05) is 5.92 Å². The Morgan fingerprint density at radius 3 is 2.54 bits per heavy atom. The van der Waals surface area contributed by atoms with Gasteiger partial charge in [0, 0.05) is 0 Å². The fourth-order valence-electron chi connectivity index (χ4n) is 0.858. The topological polar surface area (TPSA) is 43.4 Å². The average Bonchev–Trinajstić information content (AvgIpc) is 2.04. The van der Waals surface area contributed by atoms with Crippen molar-refractivity contribution in [1.29, 1.82) is 0 Å². The molecule has 0 fully saturated rings. The Labute approximate surface area is 80.6 Å². The maximum absolute atomic E-state index is 10.9. The highest BCUT2D eigenvalue weighted by atomic mass is 32.2. The highest BCUT2D eigenvalue weighted by molar-refractivity contribution is 7.86. The zero-order valence-electron chi connectivity index (χ0n) is 7.95. The Bertz CT molecular complexity index is 249. The van der Waals surface area contributed by atoms with E-state index in [4.69, 9.17) is 6.42 Å². The molecule has 0 aromatic heterocycles. The summed E-state index contributed by atoms with van der Waals surface area (Å²) in [4.78, 5) is 0. The van der Waals surface area contributed by atoms with Crippen LogP contribution >= 0.6 is 0 Å². The van der Waals surface area contributed by atoms with Gasteiger partial charge in [-0.3, -0.25) is 4.18 Å². The third kappa shape index (κ3) is 7.82. The summed E-state index contributed by atoms with van der Waals surface area (Å²) in [6.07, 6.45) is 8.87. The third-order valence-corrected chi connectivity index (χ3v) is 2.57. The molecule has 0 heterocycles. The zero-order valence-corrected chi connectivity index (χ0v) is 8.77. The van der Waals surface area contributed by atoms with Crippen molar-refractivity contribution in [3.05, 3.63) is 0 Å². The molecule has 0 radical (unpaired) electrons. The van der Waals surface area contributed by atoms with Gasteiger partial charge in [0.15, 0.2) is 0 Å². The van der Waals surface area contributed by atoms with Gasteiger partial charge in [-0.15, -0.1) is 6.42 Å². The molecule has 0 spiro atoms. The van der Waals surface area contributed by atoms with E-state index in [0.29, 0.717) is 0 Å². The lowest BCUT2D eigenvalue weighted by Crippen LogP contribution is -2.10. The van der Waals surface area contributed by atoms with E-state index in [9.17, 15) is 8.42 Å². The Balaban J connectivity index is 3.48. The lowest BCUT2D eigenvalue weighted by Gasteiger charge is -2.01. The van der Waals surface area contributed by atoms with E-state index in [2.05, 4.69) is 11.1 Å². The summed E-state index contributed by atoms with van der Waals surface area (Å²) in [6.45, 7) is 2.35. The third-order valence-electron chi connectivity index (χ3n) is 1.52. The van der Waals surface area contributed by atoms with Gasteiger partial charge in [0.05, 0.1) is 6.61 Å². The van der Waals surface area contributed by atoms with Crippen LogP contribution < -0.4 is 0 Å². The minimum atomic E-state index is -3.45. The lowest BCUT2D eigenvalue weighted by molar-refractivity contribution is 0.309. The van der Waals surface area contributed by atoms with Crippen LogP contribution in [0.15, 0.2) is 0 Å². The van der Waals surface area contributed by atoms with Crippen molar-refractivity contribution in [1.82, 2.24) is 0 Å². The summed E-state index contributed by atoms with van der Waals surface area (Å²) in [5.74, 6) is 1.71. The summed E-state index contributed by atoms with van der Waals surface area (Å²) < 4.78 is 26.4. The highest BCUT2D eigenvalue weighted by Gasteiger charge is 2.07. The summed E-state index contributed by atoms with van der Waals surface area (Å²) >= 11 is 0. The van der Waals surface area contributed by atoms with E-state index in [1.54, 1.807) is 0 Å². The standard InChI is InChI=1S/C9H16O3S/c1-3-5-6-7-8-12-13(10,11)9-4-2/h2H,3,5-9H2,1H3. The zero-order chi connectivity index (χ0) is 10.2. The molecule has 3 nitrogen and oxygen atoms in total. The first-order chi connectivity index (χ1) is 6.12. The molecule has 0 aliphatic carbocycles. The van der Waals surface area contributed by atoms with Crippen molar-refractivity contribution in [2.45, 2.75) is 32.6 Å². The summed E-state index contributed by atoms with van der Waals surface area (Å²) in [5, 5.41) is 0. The molecule has 0 rings (SSSR count). The summed E-state index contributed by atoms with van der Waals surface area (Å²) in [5.41, 5.74) is 0. The molecule has 0 saturated carbocycles. The molecule has 76 valence electrons. The minimum absolute atomic E-state index is 0.254. The number of terminal acetylenes is 1. The Kier molecular flexibility index (Phi) is 6.65. The van der Waals surface area contributed by atoms with Crippen LogP contribution in [0.5, 0.6) is 0 Å². The predicted molar refractivity (Wildman–Crippen MR) is 52.7 cm³/mol. The maximum atomic E-state index is 10.9. The van der Waals surface area contributed by atoms with Crippen LogP contribution in [0.25, 0.3) is 0 Å². The second kappa shape index (κ2) is 6.93. The van der Waals surface area contributed by atoms with Crippen LogP contribution in [0, 0.1) is 12.3 Å². The molecule has 0 unspecified atom stereocenters. The van der Waals surface area contributed by atoms with Gasteiger partial charge >= 0.3 is 0 Å². The van der Waals surface area contributed by atoms with E-state index in [0.717, 1.165) is 25.7 Å². The van der Waals surface area contributed by atoms with Crippen LogP contribution in [0.1, 0.15) is 32.6 Å². The molecule has 0 aliphatic rings. The van der Waals surface area contributed by atoms with Crippen LogP contribution in [-0.2, 0) is 14.3 Å². The largest absolute Gasteiger partial charge is 0.278 e. The fourth-order valence-corrected chi connectivity index (χ4v) is 1.52. The molecule has 0 N–H and O–H groups in total. The van der Waals surface area contributed by atoms with E-state index in [-0.39, 0.29) is 12.4 Å². The Hall–Kier alpha value is -0.530.